The van der Waals surface area contributed by atoms with Crippen molar-refractivity contribution in [3.63, 3.8) is 0 Å². The van der Waals surface area contributed by atoms with Crippen LogP contribution in [0.25, 0.3) is 0 Å². The molecule has 1 rings (SSSR count). The number of carboxylic acids is 1. The minimum Gasteiger partial charge on any atom is -0.478 e. The highest BCUT2D eigenvalue weighted by molar-refractivity contribution is 5.84. The van der Waals surface area contributed by atoms with Gasteiger partial charge in [-0.3, -0.25) is 4.79 Å². The summed E-state index contributed by atoms with van der Waals surface area (Å²) in [5.41, 5.74) is 0. The third-order valence-electron chi connectivity index (χ3n) is 3.65. The highest BCUT2D eigenvalue weighted by Gasteiger charge is 2.44. The average Bonchev–Trinajstić information content (AvgIpc) is 2.57. The lowest BCUT2D eigenvalue weighted by molar-refractivity contribution is -0.151. The molecule has 0 saturated heterocycles. The Morgan fingerprint density at radius 1 is 1.48 bits per heavy atom. The van der Waals surface area contributed by atoms with E-state index in [1.807, 2.05) is 0 Å². The van der Waals surface area contributed by atoms with Crippen molar-refractivity contribution in [1.29, 1.82) is 0 Å². The lowest BCUT2D eigenvalue weighted by Gasteiger charge is -2.39. The fourth-order valence-electron chi connectivity index (χ4n) is 2.43. The second-order valence-electron chi connectivity index (χ2n) is 5.65. The van der Waals surface area contributed by atoms with Gasteiger partial charge in [-0.15, -0.1) is 6.58 Å². The molecule has 1 heterocycles. The largest absolute Gasteiger partial charge is 0.478 e. The molecule has 0 saturated carbocycles. The van der Waals surface area contributed by atoms with E-state index < -0.39 is 54.7 Å². The van der Waals surface area contributed by atoms with Gasteiger partial charge < -0.3 is 35.2 Å². The van der Waals surface area contributed by atoms with Crippen molar-refractivity contribution in [1.82, 2.24) is 5.32 Å². The predicted octanol–water partition coefficient (Wildman–Crippen LogP) is -1.08. The number of allylic oxidation sites excluding steroid dienone is 1. The first-order chi connectivity index (χ1) is 11.8. The van der Waals surface area contributed by atoms with Gasteiger partial charge in [-0.05, 0) is 18.9 Å². The van der Waals surface area contributed by atoms with Crippen LogP contribution in [0.4, 0.5) is 0 Å². The number of nitrogens with one attached hydrogen (secondary N) is 1. The van der Waals surface area contributed by atoms with E-state index >= 15 is 0 Å². The number of rotatable bonds is 10. The number of hydrogen-bond acceptors (Lipinski definition) is 7. The molecule has 0 radical (unpaired) electrons. The van der Waals surface area contributed by atoms with Gasteiger partial charge in [0.05, 0.1) is 12.6 Å². The maximum Gasteiger partial charge on any atom is 0.370 e. The van der Waals surface area contributed by atoms with Crippen molar-refractivity contribution < 1.29 is 39.5 Å². The van der Waals surface area contributed by atoms with E-state index in [1.54, 1.807) is 6.08 Å². The summed E-state index contributed by atoms with van der Waals surface area (Å²) in [6, 6.07) is -0.944. The highest BCUT2D eigenvalue weighted by Crippen LogP contribution is 2.25. The molecule has 25 heavy (non-hydrogen) atoms. The molecule has 5 N–H and O–H groups in total. The van der Waals surface area contributed by atoms with Crippen LogP contribution in [0.5, 0.6) is 0 Å². The number of carbonyl (C=O) groups is 2. The number of ether oxygens (including phenoxy) is 2. The van der Waals surface area contributed by atoms with Crippen molar-refractivity contribution in [3.8, 4) is 0 Å². The molecule has 0 aromatic carbocycles. The van der Waals surface area contributed by atoms with E-state index in [1.165, 1.54) is 13.0 Å². The van der Waals surface area contributed by atoms with Gasteiger partial charge in [0.15, 0.2) is 6.10 Å². The van der Waals surface area contributed by atoms with Crippen molar-refractivity contribution >= 4 is 11.9 Å². The van der Waals surface area contributed by atoms with Crippen LogP contribution < -0.4 is 5.32 Å². The second kappa shape index (κ2) is 10.1. The fourth-order valence-corrected chi connectivity index (χ4v) is 2.43. The van der Waals surface area contributed by atoms with E-state index in [0.717, 1.165) is 0 Å². The summed E-state index contributed by atoms with van der Waals surface area (Å²) >= 11 is 0. The van der Waals surface area contributed by atoms with Gasteiger partial charge in [0.1, 0.15) is 18.3 Å². The van der Waals surface area contributed by atoms with Crippen LogP contribution in [0.3, 0.4) is 0 Å². The summed E-state index contributed by atoms with van der Waals surface area (Å²) < 4.78 is 10.9. The summed E-state index contributed by atoms with van der Waals surface area (Å²) in [4.78, 5) is 22.8. The summed E-state index contributed by atoms with van der Waals surface area (Å²) in [7, 11) is 0. The van der Waals surface area contributed by atoms with Gasteiger partial charge in [0.25, 0.3) is 0 Å². The van der Waals surface area contributed by atoms with Crippen LogP contribution in [0.2, 0.25) is 0 Å². The molecule has 9 nitrogen and oxygen atoms in total. The Morgan fingerprint density at radius 3 is 2.68 bits per heavy atom. The topological polar surface area (TPSA) is 146 Å². The van der Waals surface area contributed by atoms with Crippen LogP contribution >= 0.6 is 0 Å². The van der Waals surface area contributed by atoms with Gasteiger partial charge in [-0.25, -0.2) is 4.79 Å². The number of aliphatic hydroxyl groups excluding tert-OH is 3. The molecule has 0 aromatic heterocycles. The minimum atomic E-state index is -1.64. The first kappa shape index (κ1) is 21.1. The Balaban J connectivity index is 3.07. The second-order valence-corrected chi connectivity index (χ2v) is 5.65. The Bertz CT molecular complexity index is 506. The third kappa shape index (κ3) is 6.13. The molecule has 1 aliphatic heterocycles. The SMILES string of the molecule is C=CCCCO[C@H]1C=C(C(=O)O)O[C@@H]([C@H](O)[C@H](O)CO)[C@@H]1NC(C)=O. The number of aliphatic hydroxyl groups is 3. The molecule has 0 aromatic rings. The molecular weight excluding hydrogens is 334 g/mol. The molecule has 5 atom stereocenters. The number of carbonyl (C=O) groups excluding carboxylic acids is 1. The maximum absolute atomic E-state index is 11.5. The first-order valence-electron chi connectivity index (χ1n) is 7.90. The molecule has 0 aliphatic carbocycles. The average molecular weight is 359 g/mol. The molecular formula is C16H25NO8. The standard InChI is InChI=1S/C16H25NO8/c1-3-4-5-6-24-11-7-12(16(22)23)25-15(13(11)17-9(2)19)14(21)10(20)8-18/h3,7,10-11,13-15,18,20-21H,1,4-6,8H2,2H3,(H,17,19)(H,22,23)/t10-,11+,13-,14-,15-/m1/s1. The van der Waals surface area contributed by atoms with E-state index in [9.17, 15) is 24.9 Å². The maximum atomic E-state index is 11.5. The molecule has 1 aliphatic rings. The van der Waals surface area contributed by atoms with Gasteiger partial charge in [0, 0.05) is 13.5 Å². The zero-order valence-corrected chi connectivity index (χ0v) is 14.0. The van der Waals surface area contributed by atoms with Crippen LogP contribution in [0.15, 0.2) is 24.5 Å². The van der Waals surface area contributed by atoms with Crippen LogP contribution in [0, 0.1) is 0 Å². The molecule has 1 amide bonds. The molecule has 142 valence electrons. The Labute approximate surface area is 145 Å². The van der Waals surface area contributed by atoms with Crippen LogP contribution in [-0.4, -0.2) is 76.0 Å². The Hall–Kier alpha value is -1.94. The zero-order valence-electron chi connectivity index (χ0n) is 14.0. The molecule has 0 unspecified atom stereocenters. The number of carboxylic acid groups (broad SMARTS) is 1. The van der Waals surface area contributed by atoms with E-state index in [-0.39, 0.29) is 6.61 Å². The van der Waals surface area contributed by atoms with Gasteiger partial charge in [0.2, 0.25) is 11.7 Å². The number of unbranched alkanes of at least 4 members (excludes halogenated alkanes) is 1. The summed E-state index contributed by atoms with van der Waals surface area (Å²) in [5, 5.41) is 40.6. The van der Waals surface area contributed by atoms with E-state index in [4.69, 9.17) is 14.6 Å². The van der Waals surface area contributed by atoms with E-state index in [0.29, 0.717) is 12.8 Å². The molecule has 0 spiro atoms. The highest BCUT2D eigenvalue weighted by atomic mass is 16.5. The third-order valence-corrected chi connectivity index (χ3v) is 3.65. The minimum absolute atomic E-state index is 0.265. The first-order valence-corrected chi connectivity index (χ1v) is 7.90. The number of hydrogen-bond donors (Lipinski definition) is 5. The lowest BCUT2D eigenvalue weighted by Crippen LogP contribution is -2.60. The van der Waals surface area contributed by atoms with Gasteiger partial charge in [-0.2, -0.15) is 0 Å². The Kier molecular flexibility index (Phi) is 8.56. The molecule has 0 fully saturated rings. The van der Waals surface area contributed by atoms with Gasteiger partial charge in [-0.1, -0.05) is 6.08 Å². The zero-order chi connectivity index (χ0) is 19.0. The normalized spacial score (nSPS) is 25.3. The van der Waals surface area contributed by atoms with Crippen LogP contribution in [0.1, 0.15) is 19.8 Å². The number of aliphatic carboxylic acids is 1. The quantitative estimate of drug-likeness (QED) is 0.245. The Morgan fingerprint density at radius 2 is 2.16 bits per heavy atom. The lowest BCUT2D eigenvalue weighted by atomic mass is 9.93. The van der Waals surface area contributed by atoms with E-state index in [2.05, 4.69) is 11.9 Å². The van der Waals surface area contributed by atoms with Gasteiger partial charge >= 0.3 is 5.97 Å². The molecule has 9 heteroatoms. The predicted molar refractivity (Wildman–Crippen MR) is 86.5 cm³/mol. The smallest absolute Gasteiger partial charge is 0.370 e. The van der Waals surface area contributed by atoms with Crippen molar-refractivity contribution in [2.45, 2.75) is 50.2 Å². The monoisotopic (exact) mass is 359 g/mol. The molecule has 0 bridgehead atoms. The van der Waals surface area contributed by atoms with Crippen molar-refractivity contribution in [3.05, 3.63) is 24.5 Å². The summed E-state index contributed by atoms with van der Waals surface area (Å²) in [5.74, 6) is -2.29. The van der Waals surface area contributed by atoms with Crippen molar-refractivity contribution in [2.24, 2.45) is 0 Å². The number of amides is 1. The fraction of sp³-hybridized carbons (Fsp3) is 0.625. The van der Waals surface area contributed by atoms with Crippen molar-refractivity contribution in [2.75, 3.05) is 13.2 Å². The summed E-state index contributed by atoms with van der Waals surface area (Å²) in [6.07, 6.45) is -1.17. The van der Waals surface area contributed by atoms with Crippen LogP contribution in [-0.2, 0) is 19.1 Å². The summed E-state index contributed by atoms with van der Waals surface area (Å²) in [6.45, 7) is 4.35.